The van der Waals surface area contributed by atoms with Crippen LogP contribution in [-0.2, 0) is 0 Å². The lowest BCUT2D eigenvalue weighted by Gasteiger charge is -2.40. The van der Waals surface area contributed by atoms with E-state index in [1.165, 1.54) is 56.9 Å². The highest BCUT2D eigenvalue weighted by atomic mass is 15.0. The quantitative estimate of drug-likeness (QED) is 0.751. The lowest BCUT2D eigenvalue weighted by molar-refractivity contribution is 0.228. The van der Waals surface area contributed by atoms with E-state index < -0.39 is 0 Å². The summed E-state index contributed by atoms with van der Waals surface area (Å²) in [5.74, 6) is 1.72. The van der Waals surface area contributed by atoms with Crippen LogP contribution >= 0.6 is 0 Å². The maximum atomic E-state index is 3.92. The lowest BCUT2D eigenvalue weighted by Crippen LogP contribution is -2.47. The van der Waals surface area contributed by atoms with E-state index in [0.29, 0.717) is 6.04 Å². The van der Waals surface area contributed by atoms with Crippen molar-refractivity contribution in [2.24, 2.45) is 5.92 Å². The molecular formula is C20H31N. The molecule has 2 fully saturated rings. The number of nitrogens with one attached hydrogen (secondary N) is 1. The summed E-state index contributed by atoms with van der Waals surface area (Å²) in [4.78, 5) is 0. The molecule has 1 aromatic rings. The third-order valence-corrected chi connectivity index (χ3v) is 5.79. The van der Waals surface area contributed by atoms with Crippen molar-refractivity contribution in [3.63, 3.8) is 0 Å². The van der Waals surface area contributed by atoms with Crippen LogP contribution in [0.3, 0.4) is 0 Å². The van der Waals surface area contributed by atoms with Crippen LogP contribution in [0.15, 0.2) is 24.3 Å². The summed E-state index contributed by atoms with van der Waals surface area (Å²) >= 11 is 0. The van der Waals surface area contributed by atoms with Gasteiger partial charge in [0.2, 0.25) is 0 Å². The molecule has 0 radical (unpaired) electrons. The molecule has 0 saturated heterocycles. The van der Waals surface area contributed by atoms with Gasteiger partial charge >= 0.3 is 0 Å². The predicted octanol–water partition coefficient (Wildman–Crippen LogP) is 5.19. The minimum Gasteiger partial charge on any atom is -0.311 e. The fourth-order valence-electron chi connectivity index (χ4n) is 4.18. The van der Waals surface area contributed by atoms with Crippen molar-refractivity contribution in [1.82, 2.24) is 5.32 Å². The number of rotatable bonds is 4. The first kappa shape index (κ1) is 15.1. The number of hydrogen-bond donors (Lipinski definition) is 1. The van der Waals surface area contributed by atoms with Gasteiger partial charge in [-0.1, -0.05) is 55.5 Å². The van der Waals surface area contributed by atoms with Crippen LogP contribution in [0.5, 0.6) is 0 Å². The van der Waals surface area contributed by atoms with Crippen LogP contribution in [0.2, 0.25) is 0 Å². The van der Waals surface area contributed by atoms with Crippen LogP contribution in [-0.4, -0.2) is 12.1 Å². The Bertz CT molecular complexity index is 422. The minimum atomic E-state index is 0.715. The summed E-state index contributed by atoms with van der Waals surface area (Å²) in [5.41, 5.74) is 2.91. The first-order valence-electron chi connectivity index (χ1n) is 9.05. The molecule has 0 amide bonds. The molecule has 1 heteroatoms. The van der Waals surface area contributed by atoms with Gasteiger partial charge in [0.05, 0.1) is 0 Å². The van der Waals surface area contributed by atoms with Crippen LogP contribution in [0.4, 0.5) is 0 Å². The second-order valence-corrected chi connectivity index (χ2v) is 7.48. The summed E-state index contributed by atoms with van der Waals surface area (Å²) in [6, 6.07) is 10.6. The van der Waals surface area contributed by atoms with Gasteiger partial charge in [-0.05, 0) is 56.9 Å². The zero-order valence-corrected chi connectivity index (χ0v) is 13.8. The van der Waals surface area contributed by atoms with E-state index in [1.807, 2.05) is 0 Å². The van der Waals surface area contributed by atoms with Gasteiger partial charge in [-0.3, -0.25) is 0 Å². The van der Waals surface area contributed by atoms with Crippen molar-refractivity contribution in [1.29, 1.82) is 0 Å². The molecule has 1 N–H and O–H groups in total. The topological polar surface area (TPSA) is 12.0 Å². The fraction of sp³-hybridized carbons (Fsp3) is 0.700. The molecule has 0 aromatic heterocycles. The molecule has 0 heterocycles. The molecule has 2 aliphatic carbocycles. The van der Waals surface area contributed by atoms with Gasteiger partial charge in [-0.25, -0.2) is 0 Å². The largest absolute Gasteiger partial charge is 0.311 e. The molecule has 0 spiro atoms. The highest BCUT2D eigenvalue weighted by molar-refractivity contribution is 5.26. The Kier molecular flexibility index (Phi) is 5.00. The average Bonchev–Trinajstić information content (AvgIpc) is 2.72. The standard InChI is InChI=1S/C20H31N/c1-15-9-11-18(12-10-15)19-13-20(14-19)21-16(2)17-7-5-3-4-6-8-17/h9-12,16-17,19-21H,3-8,13-14H2,1-2H3/t16-,19?,20?/m1/s1. The van der Waals surface area contributed by atoms with Crippen LogP contribution in [0.1, 0.15) is 75.3 Å². The van der Waals surface area contributed by atoms with E-state index in [9.17, 15) is 0 Å². The zero-order chi connectivity index (χ0) is 14.7. The van der Waals surface area contributed by atoms with Crippen molar-refractivity contribution >= 4 is 0 Å². The van der Waals surface area contributed by atoms with E-state index in [2.05, 4.69) is 43.4 Å². The van der Waals surface area contributed by atoms with Gasteiger partial charge in [0.15, 0.2) is 0 Å². The second kappa shape index (κ2) is 6.96. The highest BCUT2D eigenvalue weighted by Gasteiger charge is 2.32. The van der Waals surface area contributed by atoms with Gasteiger partial charge in [0.25, 0.3) is 0 Å². The van der Waals surface area contributed by atoms with E-state index in [4.69, 9.17) is 0 Å². The molecule has 0 unspecified atom stereocenters. The van der Waals surface area contributed by atoms with Crippen molar-refractivity contribution in [3.05, 3.63) is 35.4 Å². The van der Waals surface area contributed by atoms with Crippen molar-refractivity contribution < 1.29 is 0 Å². The number of aryl methyl sites for hydroxylation is 1. The van der Waals surface area contributed by atoms with Crippen LogP contribution < -0.4 is 5.32 Å². The lowest BCUT2D eigenvalue weighted by atomic mass is 9.75. The Balaban J connectivity index is 1.44. The van der Waals surface area contributed by atoms with Gasteiger partial charge in [-0.15, -0.1) is 0 Å². The smallest absolute Gasteiger partial charge is 0.00813 e. The Labute approximate surface area is 130 Å². The average molecular weight is 285 g/mol. The molecule has 116 valence electrons. The molecular weight excluding hydrogens is 254 g/mol. The first-order valence-corrected chi connectivity index (χ1v) is 9.05. The molecule has 0 bridgehead atoms. The molecule has 21 heavy (non-hydrogen) atoms. The number of benzene rings is 1. The molecule has 2 saturated carbocycles. The molecule has 1 nitrogen and oxygen atoms in total. The summed E-state index contributed by atoms with van der Waals surface area (Å²) in [6.07, 6.45) is 11.4. The second-order valence-electron chi connectivity index (χ2n) is 7.48. The van der Waals surface area contributed by atoms with Gasteiger partial charge < -0.3 is 5.32 Å². The van der Waals surface area contributed by atoms with Crippen LogP contribution in [0.25, 0.3) is 0 Å². The summed E-state index contributed by atoms with van der Waals surface area (Å²) in [6.45, 7) is 4.60. The van der Waals surface area contributed by atoms with E-state index in [0.717, 1.165) is 17.9 Å². The Hall–Kier alpha value is -0.820. The third kappa shape index (κ3) is 3.88. The zero-order valence-electron chi connectivity index (χ0n) is 13.8. The monoisotopic (exact) mass is 285 g/mol. The molecule has 1 atom stereocenters. The molecule has 2 aliphatic rings. The summed E-state index contributed by atoms with van der Waals surface area (Å²) in [5, 5.41) is 3.92. The third-order valence-electron chi connectivity index (χ3n) is 5.79. The van der Waals surface area contributed by atoms with Crippen molar-refractivity contribution in [2.75, 3.05) is 0 Å². The number of hydrogen-bond acceptors (Lipinski definition) is 1. The SMILES string of the molecule is Cc1ccc(C2CC(N[C@H](C)C3CCCCCC3)C2)cc1. The van der Waals surface area contributed by atoms with Crippen LogP contribution in [0, 0.1) is 12.8 Å². The van der Waals surface area contributed by atoms with Gasteiger partial charge in [-0.2, -0.15) is 0 Å². The summed E-state index contributed by atoms with van der Waals surface area (Å²) in [7, 11) is 0. The van der Waals surface area contributed by atoms with E-state index in [1.54, 1.807) is 5.56 Å². The summed E-state index contributed by atoms with van der Waals surface area (Å²) < 4.78 is 0. The Morgan fingerprint density at radius 2 is 1.57 bits per heavy atom. The predicted molar refractivity (Wildman–Crippen MR) is 90.7 cm³/mol. The van der Waals surface area contributed by atoms with Gasteiger partial charge in [0.1, 0.15) is 0 Å². The van der Waals surface area contributed by atoms with E-state index in [-0.39, 0.29) is 0 Å². The Morgan fingerprint density at radius 3 is 2.19 bits per heavy atom. The van der Waals surface area contributed by atoms with Crippen molar-refractivity contribution in [3.8, 4) is 0 Å². The molecule has 1 aromatic carbocycles. The highest BCUT2D eigenvalue weighted by Crippen LogP contribution is 2.38. The normalized spacial score (nSPS) is 28.7. The first-order chi connectivity index (χ1) is 10.2. The minimum absolute atomic E-state index is 0.715. The van der Waals surface area contributed by atoms with Gasteiger partial charge in [0, 0.05) is 12.1 Å². The maximum Gasteiger partial charge on any atom is 0.00813 e. The fourth-order valence-corrected chi connectivity index (χ4v) is 4.18. The maximum absolute atomic E-state index is 3.92. The molecule has 0 aliphatic heterocycles. The van der Waals surface area contributed by atoms with E-state index >= 15 is 0 Å². The molecule has 3 rings (SSSR count). The van der Waals surface area contributed by atoms with Crippen molar-refractivity contribution in [2.45, 2.75) is 83.2 Å². The Morgan fingerprint density at radius 1 is 0.952 bits per heavy atom.